The average Bonchev–Trinajstić information content (AvgIpc) is 2.61. The third-order valence-corrected chi connectivity index (χ3v) is 4.84. The van der Waals surface area contributed by atoms with Crippen molar-refractivity contribution in [3.8, 4) is 0 Å². The third-order valence-electron chi connectivity index (χ3n) is 4.61. The monoisotopic (exact) mass is 364 g/mol. The largest absolute Gasteiger partial charge is 0.471 e. The molecule has 0 radical (unpaired) electrons. The van der Waals surface area contributed by atoms with E-state index in [1.165, 1.54) is 5.56 Å². The van der Waals surface area contributed by atoms with Crippen molar-refractivity contribution >= 4 is 28.4 Å². The van der Waals surface area contributed by atoms with Crippen LogP contribution in [0.4, 0.5) is 0 Å². The van der Waals surface area contributed by atoms with Gasteiger partial charge in [0.15, 0.2) is 0 Å². The number of halogens is 1. The van der Waals surface area contributed by atoms with E-state index in [0.29, 0.717) is 10.9 Å². The van der Waals surface area contributed by atoms with Crippen molar-refractivity contribution in [2.45, 2.75) is 38.3 Å². The highest BCUT2D eigenvalue weighted by molar-refractivity contribution is 6.31. The number of aliphatic imine (C=N–C) groups is 1. The molecule has 26 heavy (non-hydrogen) atoms. The summed E-state index contributed by atoms with van der Waals surface area (Å²) in [6.07, 6.45) is 3.62. The smallest absolute Gasteiger partial charge is 0.218 e. The van der Waals surface area contributed by atoms with Crippen LogP contribution < -0.4 is 0 Å². The summed E-state index contributed by atoms with van der Waals surface area (Å²) >= 11 is 6.05. The molecule has 0 saturated heterocycles. The minimum atomic E-state index is -0.258. The van der Waals surface area contributed by atoms with Gasteiger partial charge in [-0.3, -0.25) is 4.98 Å². The first-order valence-corrected chi connectivity index (χ1v) is 9.23. The topological polar surface area (TPSA) is 34.5 Å². The molecule has 1 unspecified atom stereocenters. The number of pyridine rings is 1. The van der Waals surface area contributed by atoms with E-state index in [1.807, 2.05) is 30.5 Å². The second-order valence-electron chi connectivity index (χ2n) is 7.40. The van der Waals surface area contributed by atoms with Crippen LogP contribution in [0.3, 0.4) is 0 Å². The highest BCUT2D eigenvalue weighted by atomic mass is 35.5. The number of hydrogen-bond acceptors (Lipinski definition) is 3. The Labute approximate surface area is 158 Å². The normalized spacial score (nSPS) is 19.0. The summed E-state index contributed by atoms with van der Waals surface area (Å²) in [5.74, 6) is 0.673. The van der Waals surface area contributed by atoms with E-state index in [1.54, 1.807) is 0 Å². The molecular weight excluding hydrogens is 344 g/mol. The molecule has 0 fully saturated rings. The van der Waals surface area contributed by atoms with Gasteiger partial charge in [0.25, 0.3) is 0 Å². The fourth-order valence-electron chi connectivity index (χ4n) is 3.46. The summed E-state index contributed by atoms with van der Waals surface area (Å²) in [5.41, 5.74) is 2.82. The summed E-state index contributed by atoms with van der Waals surface area (Å²) in [7, 11) is 0. The fourth-order valence-corrected chi connectivity index (χ4v) is 3.62. The Morgan fingerprint density at radius 1 is 1.12 bits per heavy atom. The van der Waals surface area contributed by atoms with E-state index in [-0.39, 0.29) is 11.6 Å². The number of rotatable bonds is 3. The Bertz CT molecular complexity index is 966. The first-order chi connectivity index (χ1) is 12.5. The number of nitrogens with zero attached hydrogens (tertiary/aromatic N) is 2. The van der Waals surface area contributed by atoms with Crippen molar-refractivity contribution in [2.24, 2.45) is 4.99 Å². The number of fused-ring (bicyclic) bond motifs is 1. The highest BCUT2D eigenvalue weighted by Crippen LogP contribution is 2.29. The molecule has 3 aromatic rings. The molecule has 2 aromatic carbocycles. The van der Waals surface area contributed by atoms with Crippen LogP contribution in [-0.2, 0) is 11.2 Å². The summed E-state index contributed by atoms with van der Waals surface area (Å²) in [5, 5.41) is 1.72. The number of ether oxygens (including phenoxy) is 1. The summed E-state index contributed by atoms with van der Waals surface area (Å²) in [4.78, 5) is 9.42. The molecule has 1 atom stereocenters. The van der Waals surface area contributed by atoms with Gasteiger partial charge < -0.3 is 4.74 Å². The molecule has 4 heteroatoms. The molecule has 1 aliphatic rings. The highest BCUT2D eigenvalue weighted by Gasteiger charge is 2.32. The molecule has 3 nitrogen and oxygen atoms in total. The van der Waals surface area contributed by atoms with Gasteiger partial charge in [0.05, 0.1) is 17.1 Å². The first-order valence-electron chi connectivity index (χ1n) is 8.85. The molecule has 132 valence electrons. The maximum Gasteiger partial charge on any atom is 0.218 e. The van der Waals surface area contributed by atoms with Crippen LogP contribution in [0.25, 0.3) is 10.9 Å². The van der Waals surface area contributed by atoms with Crippen molar-refractivity contribution < 1.29 is 4.74 Å². The molecule has 1 aliphatic heterocycles. The van der Waals surface area contributed by atoms with Crippen LogP contribution in [-0.4, -0.2) is 22.5 Å². The van der Waals surface area contributed by atoms with Crippen LogP contribution in [0.5, 0.6) is 0 Å². The summed E-state index contributed by atoms with van der Waals surface area (Å²) in [6.45, 7) is 4.24. The first kappa shape index (κ1) is 17.0. The summed E-state index contributed by atoms with van der Waals surface area (Å²) in [6, 6.07) is 18.5. The van der Waals surface area contributed by atoms with E-state index in [4.69, 9.17) is 21.3 Å². The number of benzene rings is 2. The van der Waals surface area contributed by atoms with E-state index in [2.05, 4.69) is 49.2 Å². The van der Waals surface area contributed by atoms with Gasteiger partial charge >= 0.3 is 0 Å². The molecule has 0 saturated carbocycles. The molecule has 4 rings (SSSR count). The van der Waals surface area contributed by atoms with Crippen molar-refractivity contribution in [1.82, 2.24) is 4.98 Å². The Kier molecular flexibility index (Phi) is 4.41. The van der Waals surface area contributed by atoms with Gasteiger partial charge in [0.1, 0.15) is 5.60 Å². The van der Waals surface area contributed by atoms with Crippen molar-refractivity contribution in [3.63, 3.8) is 0 Å². The average molecular weight is 365 g/mol. The second kappa shape index (κ2) is 6.73. The molecular formula is C22H21ClN2O. The Hall–Kier alpha value is -2.39. The lowest BCUT2D eigenvalue weighted by Gasteiger charge is -2.34. The van der Waals surface area contributed by atoms with Crippen LogP contribution in [0.15, 0.2) is 65.8 Å². The number of hydrogen-bond donors (Lipinski definition) is 0. The standard InChI is InChI=1S/C22H21ClN2O/c1-22(2)13-19(10-15-6-4-3-5-7-15)25-21(26-22)17-11-16-8-9-18(23)12-20(16)24-14-17/h3-9,11-12,14,19H,10,13H2,1-2H3. The Morgan fingerprint density at radius 2 is 1.92 bits per heavy atom. The zero-order chi connectivity index (χ0) is 18.1. The molecule has 0 aliphatic carbocycles. The predicted molar refractivity (Wildman–Crippen MR) is 107 cm³/mol. The van der Waals surface area contributed by atoms with Crippen molar-refractivity contribution in [1.29, 1.82) is 0 Å². The molecule has 0 amide bonds. The van der Waals surface area contributed by atoms with Crippen LogP contribution >= 0.6 is 11.6 Å². The molecule has 0 N–H and O–H groups in total. The van der Waals surface area contributed by atoms with Crippen LogP contribution in [0.1, 0.15) is 31.4 Å². The zero-order valence-corrected chi connectivity index (χ0v) is 15.7. The van der Waals surface area contributed by atoms with Gasteiger partial charge in [-0.1, -0.05) is 48.0 Å². The maximum absolute atomic E-state index is 6.18. The zero-order valence-electron chi connectivity index (χ0n) is 14.9. The van der Waals surface area contributed by atoms with Crippen LogP contribution in [0.2, 0.25) is 5.02 Å². The van der Waals surface area contributed by atoms with E-state index >= 15 is 0 Å². The van der Waals surface area contributed by atoms with E-state index in [0.717, 1.165) is 29.3 Å². The minimum absolute atomic E-state index is 0.192. The third kappa shape index (κ3) is 3.73. The lowest BCUT2D eigenvalue weighted by Crippen LogP contribution is -2.38. The Balaban J connectivity index is 1.68. The van der Waals surface area contributed by atoms with Gasteiger partial charge in [-0.05, 0) is 44.0 Å². The van der Waals surface area contributed by atoms with Crippen LogP contribution in [0, 0.1) is 0 Å². The molecule has 0 spiro atoms. The molecule has 0 bridgehead atoms. The quantitative estimate of drug-likeness (QED) is 0.619. The molecule has 2 heterocycles. The lowest BCUT2D eigenvalue weighted by molar-refractivity contribution is 0.0634. The SMILES string of the molecule is CC1(C)CC(Cc2ccccc2)N=C(c2cnc3cc(Cl)ccc3c2)O1. The van der Waals surface area contributed by atoms with E-state index in [9.17, 15) is 0 Å². The van der Waals surface area contributed by atoms with Crippen molar-refractivity contribution in [2.75, 3.05) is 0 Å². The lowest BCUT2D eigenvalue weighted by atomic mass is 9.93. The predicted octanol–water partition coefficient (Wildman–Crippen LogP) is 5.45. The maximum atomic E-state index is 6.18. The fraction of sp³-hybridized carbons (Fsp3) is 0.273. The van der Waals surface area contributed by atoms with Gasteiger partial charge in [-0.25, -0.2) is 4.99 Å². The number of aromatic nitrogens is 1. The van der Waals surface area contributed by atoms with Gasteiger partial charge in [0, 0.05) is 23.0 Å². The van der Waals surface area contributed by atoms with Gasteiger partial charge in [-0.2, -0.15) is 0 Å². The molecule has 1 aromatic heterocycles. The minimum Gasteiger partial charge on any atom is -0.471 e. The summed E-state index contributed by atoms with van der Waals surface area (Å²) < 4.78 is 6.18. The Morgan fingerprint density at radius 3 is 2.73 bits per heavy atom. The van der Waals surface area contributed by atoms with Gasteiger partial charge in [-0.15, -0.1) is 0 Å². The van der Waals surface area contributed by atoms with Crippen molar-refractivity contribution in [3.05, 3.63) is 76.9 Å². The second-order valence-corrected chi connectivity index (χ2v) is 7.84. The van der Waals surface area contributed by atoms with E-state index < -0.39 is 0 Å². The van der Waals surface area contributed by atoms with Gasteiger partial charge in [0.2, 0.25) is 5.90 Å².